The van der Waals surface area contributed by atoms with Crippen LogP contribution in [0.25, 0.3) is 0 Å². The molecule has 0 unspecified atom stereocenters. The molecule has 0 aromatic heterocycles. The summed E-state index contributed by atoms with van der Waals surface area (Å²) in [4.78, 5) is 13.4. The van der Waals surface area contributed by atoms with Gasteiger partial charge in [0.15, 0.2) is 0 Å². The van der Waals surface area contributed by atoms with E-state index in [0.717, 1.165) is 12.0 Å². The van der Waals surface area contributed by atoms with Crippen molar-refractivity contribution in [2.45, 2.75) is 6.42 Å². The van der Waals surface area contributed by atoms with Crippen LogP contribution in [0.4, 0.5) is 4.79 Å². The fourth-order valence-electron chi connectivity index (χ4n) is 1.65. The highest BCUT2D eigenvalue weighted by atomic mass is 16.5. The summed E-state index contributed by atoms with van der Waals surface area (Å²) in [5.74, 6) is 0. The number of ether oxygens (including phenoxy) is 1. The van der Waals surface area contributed by atoms with Gasteiger partial charge in [-0.15, -0.1) is 0 Å². The average molecular weight is 224 g/mol. The van der Waals surface area contributed by atoms with Gasteiger partial charge in [0.1, 0.15) is 6.73 Å². The summed E-state index contributed by atoms with van der Waals surface area (Å²) < 4.78 is 4.79. The quantitative estimate of drug-likeness (QED) is 0.741. The molecule has 0 aromatic carbocycles. The van der Waals surface area contributed by atoms with Gasteiger partial charge in [0.25, 0.3) is 0 Å². The lowest BCUT2D eigenvalue weighted by atomic mass is 10.0. The first-order valence-electron chi connectivity index (χ1n) is 5.21. The van der Waals surface area contributed by atoms with Gasteiger partial charge in [0.05, 0.1) is 0 Å². The molecule has 4 heteroatoms. The molecule has 1 aliphatic heterocycles. The normalized spacial score (nSPS) is 15.9. The molecule has 2 amide bonds. The van der Waals surface area contributed by atoms with Gasteiger partial charge in [-0.3, -0.25) is 0 Å². The summed E-state index contributed by atoms with van der Waals surface area (Å²) in [5.41, 5.74) is 2.24. The zero-order valence-electron chi connectivity index (χ0n) is 9.66. The van der Waals surface area contributed by atoms with Crippen molar-refractivity contribution in [3.8, 4) is 0 Å². The van der Waals surface area contributed by atoms with Crippen LogP contribution in [0.5, 0.6) is 0 Å². The molecule has 0 radical (unpaired) electrons. The van der Waals surface area contributed by atoms with Crippen LogP contribution in [0, 0.1) is 0 Å². The van der Waals surface area contributed by atoms with E-state index in [1.165, 1.54) is 5.57 Å². The molecule has 0 spiro atoms. The minimum Gasteiger partial charge on any atom is -0.364 e. The smallest absolute Gasteiger partial charge is 0.319 e. The van der Waals surface area contributed by atoms with Crippen molar-refractivity contribution < 1.29 is 11.0 Å². The zero-order chi connectivity index (χ0) is 12.0. The van der Waals surface area contributed by atoms with E-state index in [0.29, 0.717) is 13.1 Å². The summed E-state index contributed by atoms with van der Waals surface area (Å²) in [6.45, 7) is 9.03. The largest absolute Gasteiger partial charge is 0.364 e. The minimum atomic E-state index is -0.107. The molecule has 0 fully saturated rings. The topological polar surface area (TPSA) is 41.6 Å². The van der Waals surface area contributed by atoms with E-state index in [2.05, 4.69) is 18.5 Å². The molecule has 0 aliphatic carbocycles. The molecule has 0 aromatic rings. The third-order valence-corrected chi connectivity index (χ3v) is 2.57. The molecule has 1 N–H and O–H groups in total. The first-order valence-corrected chi connectivity index (χ1v) is 5.21. The number of rotatable bonds is 4. The fourth-order valence-corrected chi connectivity index (χ4v) is 1.65. The van der Waals surface area contributed by atoms with E-state index in [-0.39, 0.29) is 14.2 Å². The molecular weight excluding hydrogens is 204 g/mol. The Balaban J connectivity index is 0.00000256. The Labute approximate surface area is 97.7 Å². The van der Waals surface area contributed by atoms with E-state index in [9.17, 15) is 4.79 Å². The molecule has 1 aliphatic rings. The number of nitrogens with one attached hydrogen (secondary N) is 1. The van der Waals surface area contributed by atoms with Gasteiger partial charge in [-0.1, -0.05) is 25.3 Å². The summed E-state index contributed by atoms with van der Waals surface area (Å²) in [6.07, 6.45) is 4.44. The minimum absolute atomic E-state index is 0. The lowest BCUT2D eigenvalue weighted by Crippen LogP contribution is -2.43. The summed E-state index contributed by atoms with van der Waals surface area (Å²) in [7, 11) is 1.54. The number of allylic oxidation sites excluding steroid dienone is 1. The highest BCUT2D eigenvalue weighted by molar-refractivity contribution is 5.74. The van der Waals surface area contributed by atoms with Gasteiger partial charge in [0, 0.05) is 21.6 Å². The number of nitrogens with zero attached hydrogens (tertiary/aromatic N) is 1. The Kier molecular flexibility index (Phi) is 4.79. The van der Waals surface area contributed by atoms with E-state index in [1.807, 2.05) is 6.08 Å². The fraction of sp³-hybridized carbons (Fsp3) is 0.417. The van der Waals surface area contributed by atoms with Crippen molar-refractivity contribution >= 4 is 6.03 Å². The van der Waals surface area contributed by atoms with Gasteiger partial charge in [-0.25, -0.2) is 4.79 Å². The average Bonchev–Trinajstić information content (AvgIpc) is 2.34. The molecule has 0 atom stereocenters. The summed E-state index contributed by atoms with van der Waals surface area (Å²) in [5, 5.41) is 2.66. The van der Waals surface area contributed by atoms with Crippen molar-refractivity contribution in [3.63, 3.8) is 0 Å². The van der Waals surface area contributed by atoms with Crippen molar-refractivity contribution in [1.82, 2.24) is 10.2 Å². The number of urea groups is 1. The van der Waals surface area contributed by atoms with Crippen LogP contribution >= 0.6 is 0 Å². The van der Waals surface area contributed by atoms with Crippen LogP contribution in [-0.2, 0) is 4.74 Å². The molecule has 90 valence electrons. The number of methoxy groups -OCH3 is 1. The second kappa shape index (κ2) is 6.12. The van der Waals surface area contributed by atoms with E-state index >= 15 is 0 Å². The van der Waals surface area contributed by atoms with Crippen LogP contribution in [-0.4, -0.2) is 37.9 Å². The van der Waals surface area contributed by atoms with Gasteiger partial charge in [0.2, 0.25) is 0 Å². The Bertz CT molecular complexity index is 326. The third kappa shape index (κ3) is 2.97. The molecule has 0 saturated carbocycles. The molecule has 4 nitrogen and oxygen atoms in total. The Morgan fingerprint density at radius 2 is 2.25 bits per heavy atom. The lowest BCUT2D eigenvalue weighted by molar-refractivity contribution is 0.155. The maximum absolute atomic E-state index is 11.7. The van der Waals surface area contributed by atoms with E-state index in [4.69, 9.17) is 4.74 Å². The summed E-state index contributed by atoms with van der Waals surface area (Å²) in [6, 6.07) is -0.107. The number of carbonyl (C=O) groups excluding carboxylic acids is 1. The maximum Gasteiger partial charge on any atom is 0.319 e. The molecular formula is C12H20N2O2. The Hall–Kier alpha value is -1.55. The summed E-state index contributed by atoms with van der Waals surface area (Å²) >= 11 is 0. The predicted octanol–water partition coefficient (Wildman–Crippen LogP) is 1.92. The van der Waals surface area contributed by atoms with Crippen molar-refractivity contribution in [2.24, 2.45) is 0 Å². The van der Waals surface area contributed by atoms with Crippen molar-refractivity contribution in [1.29, 1.82) is 0 Å². The second-order valence-corrected chi connectivity index (χ2v) is 3.55. The monoisotopic (exact) mass is 224 g/mol. The first kappa shape index (κ1) is 12.5. The number of hydrogen-bond donors (Lipinski definition) is 1. The van der Waals surface area contributed by atoms with Crippen LogP contribution in [0.3, 0.4) is 0 Å². The maximum atomic E-state index is 11.7. The molecule has 1 rings (SSSR count). The molecule has 0 bridgehead atoms. The Morgan fingerprint density at radius 3 is 2.81 bits per heavy atom. The van der Waals surface area contributed by atoms with Gasteiger partial charge >= 0.3 is 6.03 Å². The second-order valence-electron chi connectivity index (χ2n) is 3.55. The standard InChI is InChI=1S/C12H18N2O2.H2/c1-4-10-6-7-14(8-11(10)5-2)12(15)13-9-16-3;/h4-5H,1-2,6-9H2,3H3,(H,13,15);1H. The van der Waals surface area contributed by atoms with E-state index < -0.39 is 0 Å². The number of amides is 2. The van der Waals surface area contributed by atoms with Gasteiger partial charge < -0.3 is 15.0 Å². The van der Waals surface area contributed by atoms with Crippen molar-refractivity contribution in [2.75, 3.05) is 26.9 Å². The highest BCUT2D eigenvalue weighted by Gasteiger charge is 2.19. The van der Waals surface area contributed by atoms with Crippen LogP contribution in [0.2, 0.25) is 0 Å². The zero-order valence-corrected chi connectivity index (χ0v) is 9.66. The van der Waals surface area contributed by atoms with Crippen LogP contribution in [0.1, 0.15) is 7.85 Å². The molecule has 1 heterocycles. The molecule has 16 heavy (non-hydrogen) atoms. The number of carbonyl (C=O) groups is 1. The van der Waals surface area contributed by atoms with Crippen molar-refractivity contribution in [3.05, 3.63) is 36.5 Å². The van der Waals surface area contributed by atoms with Gasteiger partial charge in [-0.05, 0) is 17.6 Å². The lowest BCUT2D eigenvalue weighted by Gasteiger charge is -2.29. The molecule has 0 saturated heterocycles. The number of hydrogen-bond acceptors (Lipinski definition) is 2. The van der Waals surface area contributed by atoms with Gasteiger partial charge in [-0.2, -0.15) is 0 Å². The van der Waals surface area contributed by atoms with Crippen LogP contribution < -0.4 is 5.32 Å². The SMILES string of the molecule is C=CC1=C(C=C)CN(C(=O)NCOC)CC1.[HH]. The highest BCUT2D eigenvalue weighted by Crippen LogP contribution is 2.19. The Morgan fingerprint density at radius 1 is 1.56 bits per heavy atom. The first-order chi connectivity index (χ1) is 7.72. The predicted molar refractivity (Wildman–Crippen MR) is 66.1 cm³/mol. The van der Waals surface area contributed by atoms with E-state index in [1.54, 1.807) is 18.1 Å². The van der Waals surface area contributed by atoms with Crippen LogP contribution in [0.15, 0.2) is 36.5 Å². The third-order valence-electron chi connectivity index (χ3n) is 2.57.